The van der Waals surface area contributed by atoms with Crippen molar-refractivity contribution < 1.29 is 19.4 Å². The van der Waals surface area contributed by atoms with Crippen molar-refractivity contribution in [2.24, 2.45) is 0 Å². The van der Waals surface area contributed by atoms with E-state index >= 15 is 0 Å². The number of halogens is 5. The number of fused-ring (bicyclic) bond motifs is 6. The summed E-state index contributed by atoms with van der Waals surface area (Å²) in [7, 11) is -10.2. The quantitative estimate of drug-likeness (QED) is 0.178. The smallest absolute Gasteiger partial charge is 0.226 e. The first-order chi connectivity index (χ1) is 17.2. The van der Waals surface area contributed by atoms with Crippen LogP contribution >= 0.6 is 10.2 Å². The van der Waals surface area contributed by atoms with E-state index in [4.69, 9.17) is 13.1 Å². The van der Waals surface area contributed by atoms with Crippen molar-refractivity contribution in [3.05, 3.63) is 97.5 Å². The summed E-state index contributed by atoms with van der Waals surface area (Å²) < 4.78 is 71.4. The molecule has 0 fully saturated rings. The topological polar surface area (TPSA) is 56.3 Å². The van der Waals surface area contributed by atoms with Crippen molar-refractivity contribution >= 4 is 21.6 Å². The standard InChI is InChI=1S/C27H13F5N4S/c1-14-6-4-7-15-10-17-25(20(13-34)36-3)27-18(24(19(12-33)35-2)26(17)22(14)15)11-16-8-5-9-21(23(16)27)37(28,29,30,31)32/h4-9H,10-11H2,1H3/b24-19-,25-20+. The van der Waals surface area contributed by atoms with Gasteiger partial charge in [0.2, 0.25) is 0 Å². The zero-order valence-corrected chi connectivity index (χ0v) is 19.8. The Bertz CT molecular complexity index is 1880. The zero-order valence-electron chi connectivity index (χ0n) is 19.0. The molecular weight excluding hydrogens is 507 g/mol. The molecule has 2 aliphatic carbocycles. The lowest BCUT2D eigenvalue weighted by Crippen LogP contribution is -2.26. The summed E-state index contributed by atoms with van der Waals surface area (Å²) in [5.74, 6) is 0. The van der Waals surface area contributed by atoms with E-state index < -0.39 is 32.1 Å². The van der Waals surface area contributed by atoms with Crippen molar-refractivity contribution in [3.8, 4) is 34.4 Å². The monoisotopic (exact) mass is 520 g/mol. The van der Waals surface area contributed by atoms with Gasteiger partial charge in [-0.2, -0.15) is 0 Å². The number of rotatable bonds is 1. The van der Waals surface area contributed by atoms with Crippen LogP contribution in [0, 0.1) is 42.7 Å². The van der Waals surface area contributed by atoms with Crippen LogP contribution in [0.1, 0.15) is 27.8 Å². The van der Waals surface area contributed by atoms with Gasteiger partial charge >= 0.3 is 10.2 Å². The van der Waals surface area contributed by atoms with Crippen LogP contribution in [0.15, 0.2) is 41.3 Å². The number of hydrogen-bond donors (Lipinski definition) is 0. The van der Waals surface area contributed by atoms with Gasteiger partial charge in [0.05, 0.1) is 25.3 Å². The SMILES string of the molecule is [C-]#[N+]/C(C#N)=c1/c2c(/c(=C(\C#N)[N+]#[C-])c3c1-c1c(C)cccc1C3)-c1c(cccc1S(F)(F)(F)(F)F)C2. The summed E-state index contributed by atoms with van der Waals surface area (Å²) in [5.41, 5.74) is 0.679. The maximum atomic E-state index is 14.3. The molecule has 182 valence electrons. The highest BCUT2D eigenvalue weighted by molar-refractivity contribution is 8.45. The molecule has 0 amide bonds. The third-order valence-electron chi connectivity index (χ3n) is 6.74. The van der Waals surface area contributed by atoms with Gasteiger partial charge in [0.25, 0.3) is 11.4 Å². The van der Waals surface area contributed by atoms with Gasteiger partial charge in [0.15, 0.2) is 0 Å². The fourth-order valence-electron chi connectivity index (χ4n) is 5.50. The molecule has 2 aliphatic rings. The molecule has 0 saturated carbocycles. The lowest BCUT2D eigenvalue weighted by Gasteiger charge is -2.42. The van der Waals surface area contributed by atoms with Crippen LogP contribution in [-0.4, -0.2) is 0 Å². The molecule has 0 heterocycles. The van der Waals surface area contributed by atoms with E-state index in [1.807, 2.05) is 6.07 Å². The van der Waals surface area contributed by atoms with Crippen molar-refractivity contribution in [2.45, 2.75) is 24.7 Å². The molecule has 0 unspecified atom stereocenters. The Hall–Kier alpha value is -4.64. The van der Waals surface area contributed by atoms with Crippen molar-refractivity contribution in [1.82, 2.24) is 0 Å². The lowest BCUT2D eigenvalue weighted by molar-refractivity contribution is 0.364. The van der Waals surface area contributed by atoms with E-state index in [1.54, 1.807) is 31.2 Å². The van der Waals surface area contributed by atoms with Crippen molar-refractivity contribution in [1.29, 1.82) is 10.5 Å². The van der Waals surface area contributed by atoms with Crippen LogP contribution in [0.3, 0.4) is 0 Å². The van der Waals surface area contributed by atoms with Crippen LogP contribution in [0.25, 0.3) is 43.3 Å². The summed E-state index contributed by atoms with van der Waals surface area (Å²) in [5, 5.41) is 19.5. The van der Waals surface area contributed by atoms with Gasteiger partial charge in [-0.05, 0) is 70.3 Å². The highest BCUT2D eigenvalue weighted by atomic mass is 32.5. The minimum atomic E-state index is -10.2. The Morgan fingerprint density at radius 3 is 1.68 bits per heavy atom. The maximum absolute atomic E-state index is 14.3. The average Bonchev–Trinajstić information content (AvgIpc) is 3.39. The molecule has 0 aromatic heterocycles. The van der Waals surface area contributed by atoms with Gasteiger partial charge in [0, 0.05) is 16.0 Å². The Labute approximate surface area is 208 Å². The lowest BCUT2D eigenvalue weighted by atomic mass is 9.89. The van der Waals surface area contributed by atoms with Gasteiger partial charge in [-0.15, -0.1) is 0 Å². The van der Waals surface area contributed by atoms with E-state index in [0.717, 1.165) is 17.2 Å². The second-order valence-corrected chi connectivity index (χ2v) is 11.2. The van der Waals surface area contributed by atoms with Gasteiger partial charge in [-0.1, -0.05) is 49.8 Å². The van der Waals surface area contributed by atoms with Crippen LogP contribution in [-0.2, 0) is 12.8 Å². The van der Waals surface area contributed by atoms with E-state index in [9.17, 15) is 30.0 Å². The van der Waals surface area contributed by atoms with Crippen LogP contribution < -0.4 is 10.4 Å². The van der Waals surface area contributed by atoms with E-state index in [0.29, 0.717) is 17.2 Å². The van der Waals surface area contributed by atoms with Crippen molar-refractivity contribution in [2.75, 3.05) is 0 Å². The molecule has 0 N–H and O–H groups in total. The molecule has 0 bridgehead atoms. The summed E-state index contributed by atoms with van der Waals surface area (Å²) in [6.07, 6.45) is -0.187. The number of nitrogens with zero attached hydrogens (tertiary/aromatic N) is 4. The summed E-state index contributed by atoms with van der Waals surface area (Å²) >= 11 is 0. The number of nitriles is 2. The first-order valence-corrected chi connectivity index (χ1v) is 12.7. The molecule has 3 aromatic rings. The Morgan fingerprint density at radius 1 is 0.757 bits per heavy atom. The first kappa shape index (κ1) is 24.1. The predicted molar refractivity (Wildman–Crippen MR) is 130 cm³/mol. The van der Waals surface area contributed by atoms with Gasteiger partial charge in [-0.25, -0.2) is 20.2 Å². The van der Waals surface area contributed by atoms with Gasteiger partial charge in [0.1, 0.15) is 4.90 Å². The Balaban J connectivity index is 2.18. The molecule has 0 spiro atoms. The second kappa shape index (κ2) is 6.98. The molecular formula is C27H13F5N4S. The number of aryl methyl sites for hydroxylation is 1. The van der Waals surface area contributed by atoms with Crippen molar-refractivity contribution in [3.63, 3.8) is 0 Å². The molecule has 4 nitrogen and oxygen atoms in total. The van der Waals surface area contributed by atoms with E-state index in [1.165, 1.54) is 6.07 Å². The minimum Gasteiger partial charge on any atom is -0.226 e. The Kier molecular flexibility index (Phi) is 4.54. The molecule has 5 rings (SSSR count). The first-order valence-electron chi connectivity index (χ1n) is 10.7. The number of hydrogen-bond acceptors (Lipinski definition) is 2. The van der Waals surface area contributed by atoms with Crippen LogP contribution in [0.4, 0.5) is 19.4 Å². The predicted octanol–water partition coefficient (Wildman–Crippen LogP) is 6.90. The third kappa shape index (κ3) is 3.39. The normalized spacial score (nSPS) is 16.3. The molecule has 0 radical (unpaired) electrons. The summed E-state index contributed by atoms with van der Waals surface area (Å²) in [6, 6.07) is 11.3. The number of benzene rings is 3. The minimum absolute atomic E-state index is 0.0538. The third-order valence-corrected chi connectivity index (χ3v) is 7.91. The highest BCUT2D eigenvalue weighted by Crippen LogP contribution is 3.03. The average molecular weight is 520 g/mol. The van der Waals surface area contributed by atoms with E-state index in [2.05, 4.69) is 9.69 Å². The summed E-state index contributed by atoms with van der Waals surface area (Å²) in [4.78, 5) is 4.45. The molecule has 37 heavy (non-hydrogen) atoms. The second-order valence-electron chi connectivity index (χ2n) is 8.82. The maximum Gasteiger partial charge on any atom is 0.311 e. The van der Waals surface area contributed by atoms with E-state index in [-0.39, 0.29) is 45.5 Å². The fraction of sp³-hybridized carbons (Fsp3) is 0.111. The van der Waals surface area contributed by atoms with Crippen LogP contribution in [0.2, 0.25) is 0 Å². The molecule has 0 aliphatic heterocycles. The molecule has 0 saturated heterocycles. The molecule has 0 atom stereocenters. The van der Waals surface area contributed by atoms with Gasteiger partial charge in [-0.3, -0.25) is 0 Å². The largest absolute Gasteiger partial charge is 0.311 e. The highest BCUT2D eigenvalue weighted by Gasteiger charge is 2.67. The van der Waals surface area contributed by atoms with Gasteiger partial charge < -0.3 is 0 Å². The van der Waals surface area contributed by atoms with Crippen LogP contribution in [0.5, 0.6) is 0 Å². The fourth-order valence-corrected chi connectivity index (χ4v) is 6.45. The molecule has 10 heteroatoms. The molecule has 3 aromatic carbocycles. The Morgan fingerprint density at radius 2 is 1.22 bits per heavy atom. The summed E-state index contributed by atoms with van der Waals surface area (Å²) in [6.45, 7) is 17.0. The zero-order chi connectivity index (χ0) is 27.0.